The van der Waals surface area contributed by atoms with Gasteiger partial charge in [-0.05, 0) is 6.07 Å². The molecule has 0 amide bonds. The van der Waals surface area contributed by atoms with E-state index in [0.717, 1.165) is 0 Å². The van der Waals surface area contributed by atoms with Gasteiger partial charge in [0.25, 0.3) is 0 Å². The fourth-order valence-corrected chi connectivity index (χ4v) is 1.04. The molecule has 6 heteroatoms. The highest BCUT2D eigenvalue weighted by atomic mass is 19.4. The van der Waals surface area contributed by atoms with Crippen LogP contribution in [0.25, 0.3) is 0 Å². The van der Waals surface area contributed by atoms with Crippen molar-refractivity contribution in [2.24, 2.45) is 12.8 Å². The first kappa shape index (κ1) is 10.8. The van der Waals surface area contributed by atoms with Gasteiger partial charge >= 0.3 is 6.18 Å². The van der Waals surface area contributed by atoms with E-state index >= 15 is 0 Å². The van der Waals surface area contributed by atoms with Crippen LogP contribution in [0.4, 0.5) is 13.2 Å². The summed E-state index contributed by atoms with van der Waals surface area (Å²) >= 11 is 0. The zero-order valence-corrected chi connectivity index (χ0v) is 7.54. The molecule has 0 bridgehead atoms. The molecular formula is C8H10F3N3. The summed E-state index contributed by atoms with van der Waals surface area (Å²) in [7, 11) is 1.53. The van der Waals surface area contributed by atoms with Crippen molar-refractivity contribution < 1.29 is 13.2 Å². The Hall–Kier alpha value is -1.30. The van der Waals surface area contributed by atoms with Crippen molar-refractivity contribution in [2.45, 2.75) is 12.2 Å². The van der Waals surface area contributed by atoms with Gasteiger partial charge in [0.1, 0.15) is 0 Å². The standard InChI is InChI=1S/C8H10F3N3/c1-5(8(9,10)11)7(12)6-3-4-13-14(6)2/h3-4,7H,1,12H2,2H3. The lowest BCUT2D eigenvalue weighted by atomic mass is 10.1. The van der Waals surface area contributed by atoms with Gasteiger partial charge in [0, 0.05) is 18.8 Å². The first-order valence-corrected chi connectivity index (χ1v) is 3.83. The third-order valence-corrected chi connectivity index (χ3v) is 1.92. The van der Waals surface area contributed by atoms with E-state index < -0.39 is 17.8 Å². The summed E-state index contributed by atoms with van der Waals surface area (Å²) < 4.78 is 37.9. The lowest BCUT2D eigenvalue weighted by Crippen LogP contribution is -2.25. The Morgan fingerprint density at radius 2 is 2.21 bits per heavy atom. The largest absolute Gasteiger partial charge is 0.414 e. The topological polar surface area (TPSA) is 43.8 Å². The molecule has 0 spiro atoms. The first-order chi connectivity index (χ1) is 6.34. The highest BCUT2D eigenvalue weighted by Gasteiger charge is 2.36. The molecule has 0 aromatic carbocycles. The molecule has 0 saturated carbocycles. The molecule has 1 unspecified atom stereocenters. The molecule has 0 fully saturated rings. The summed E-state index contributed by atoms with van der Waals surface area (Å²) in [5.74, 6) is 0. The van der Waals surface area contributed by atoms with Gasteiger partial charge < -0.3 is 5.73 Å². The summed E-state index contributed by atoms with van der Waals surface area (Å²) in [5, 5.41) is 3.73. The van der Waals surface area contributed by atoms with Crippen molar-refractivity contribution in [1.82, 2.24) is 9.78 Å². The van der Waals surface area contributed by atoms with Crippen molar-refractivity contribution in [3.63, 3.8) is 0 Å². The number of hydrogen-bond donors (Lipinski definition) is 1. The number of nitrogens with zero attached hydrogens (tertiary/aromatic N) is 2. The van der Waals surface area contributed by atoms with Crippen molar-refractivity contribution in [3.8, 4) is 0 Å². The Labute approximate surface area is 79.0 Å². The molecule has 2 N–H and O–H groups in total. The second-order valence-electron chi connectivity index (χ2n) is 2.88. The van der Waals surface area contributed by atoms with Crippen LogP contribution in [0.3, 0.4) is 0 Å². The third-order valence-electron chi connectivity index (χ3n) is 1.92. The second-order valence-corrected chi connectivity index (χ2v) is 2.88. The quantitative estimate of drug-likeness (QED) is 0.744. The highest BCUT2D eigenvalue weighted by molar-refractivity contribution is 5.22. The Morgan fingerprint density at radius 3 is 2.57 bits per heavy atom. The van der Waals surface area contributed by atoms with Crippen LogP contribution in [0.2, 0.25) is 0 Å². The van der Waals surface area contributed by atoms with Gasteiger partial charge in [-0.2, -0.15) is 18.3 Å². The Morgan fingerprint density at radius 1 is 1.64 bits per heavy atom. The molecular weight excluding hydrogens is 195 g/mol. The molecule has 0 aliphatic heterocycles. The molecule has 14 heavy (non-hydrogen) atoms. The van der Waals surface area contributed by atoms with Crippen LogP contribution in [0, 0.1) is 0 Å². The van der Waals surface area contributed by atoms with Gasteiger partial charge in [0.15, 0.2) is 0 Å². The first-order valence-electron chi connectivity index (χ1n) is 3.83. The number of rotatable bonds is 2. The minimum Gasteiger partial charge on any atom is -0.319 e. The molecule has 1 heterocycles. The zero-order valence-electron chi connectivity index (χ0n) is 7.54. The SMILES string of the molecule is C=C(C(N)c1ccnn1C)C(F)(F)F. The molecule has 1 aromatic heterocycles. The van der Waals surface area contributed by atoms with E-state index in [1.807, 2.05) is 0 Å². The lowest BCUT2D eigenvalue weighted by molar-refractivity contribution is -0.0954. The molecule has 0 aliphatic carbocycles. The van der Waals surface area contributed by atoms with Crippen LogP contribution < -0.4 is 5.73 Å². The molecule has 0 aliphatic rings. The number of hydrogen-bond acceptors (Lipinski definition) is 2. The minimum absolute atomic E-state index is 0.285. The minimum atomic E-state index is -4.47. The molecule has 1 aromatic rings. The average Bonchev–Trinajstić information content (AvgIpc) is 2.47. The fourth-order valence-electron chi connectivity index (χ4n) is 1.04. The van der Waals surface area contributed by atoms with Crippen LogP contribution in [-0.4, -0.2) is 16.0 Å². The summed E-state index contributed by atoms with van der Waals surface area (Å²) in [6, 6.07) is 0.171. The van der Waals surface area contributed by atoms with Crippen molar-refractivity contribution in [1.29, 1.82) is 0 Å². The Kier molecular flexibility index (Phi) is 2.66. The van der Waals surface area contributed by atoms with E-state index in [9.17, 15) is 13.2 Å². The van der Waals surface area contributed by atoms with E-state index in [2.05, 4.69) is 11.7 Å². The van der Waals surface area contributed by atoms with E-state index in [1.54, 1.807) is 0 Å². The molecule has 0 saturated heterocycles. The third kappa shape index (κ3) is 1.95. The molecule has 1 rings (SSSR count). The van der Waals surface area contributed by atoms with Crippen molar-refractivity contribution in [2.75, 3.05) is 0 Å². The Bertz CT molecular complexity index is 340. The molecule has 1 atom stereocenters. The Balaban J connectivity index is 2.92. The normalized spacial score (nSPS) is 14.1. The lowest BCUT2D eigenvalue weighted by Gasteiger charge is -2.17. The van der Waals surface area contributed by atoms with Gasteiger partial charge in [-0.15, -0.1) is 0 Å². The predicted octanol–water partition coefficient (Wildman–Crippen LogP) is 1.54. The maximum Gasteiger partial charge on any atom is 0.414 e. The van der Waals surface area contributed by atoms with Crippen LogP contribution in [0.15, 0.2) is 24.4 Å². The van der Waals surface area contributed by atoms with Crippen LogP contribution in [0.5, 0.6) is 0 Å². The van der Waals surface area contributed by atoms with E-state index in [1.165, 1.54) is 24.0 Å². The summed E-state index contributed by atoms with van der Waals surface area (Å²) in [6.45, 7) is 2.93. The van der Waals surface area contributed by atoms with E-state index in [0.29, 0.717) is 0 Å². The van der Waals surface area contributed by atoms with Crippen LogP contribution in [0.1, 0.15) is 11.7 Å². The van der Waals surface area contributed by atoms with Crippen molar-refractivity contribution >= 4 is 0 Å². The van der Waals surface area contributed by atoms with E-state index in [4.69, 9.17) is 5.73 Å². The summed E-state index contributed by atoms with van der Waals surface area (Å²) in [6.07, 6.45) is -3.08. The number of aryl methyl sites for hydroxylation is 1. The van der Waals surface area contributed by atoms with Gasteiger partial charge in [-0.25, -0.2) is 0 Å². The van der Waals surface area contributed by atoms with Gasteiger partial charge in [0.05, 0.1) is 11.7 Å². The molecule has 3 nitrogen and oxygen atoms in total. The summed E-state index contributed by atoms with van der Waals surface area (Å²) in [4.78, 5) is 0. The maximum absolute atomic E-state index is 12.2. The van der Waals surface area contributed by atoms with Crippen LogP contribution >= 0.6 is 0 Å². The van der Waals surface area contributed by atoms with Crippen molar-refractivity contribution in [3.05, 3.63) is 30.1 Å². The zero-order chi connectivity index (χ0) is 10.9. The summed E-state index contributed by atoms with van der Waals surface area (Å²) in [5.41, 5.74) is 4.70. The predicted molar refractivity (Wildman–Crippen MR) is 45.3 cm³/mol. The van der Waals surface area contributed by atoms with Gasteiger partial charge in [0.2, 0.25) is 0 Å². The monoisotopic (exact) mass is 205 g/mol. The number of alkyl halides is 3. The van der Waals surface area contributed by atoms with E-state index in [-0.39, 0.29) is 5.69 Å². The number of halogens is 3. The highest BCUT2D eigenvalue weighted by Crippen LogP contribution is 2.32. The molecule has 0 radical (unpaired) electrons. The van der Waals surface area contributed by atoms with Gasteiger partial charge in [-0.3, -0.25) is 4.68 Å². The van der Waals surface area contributed by atoms with Gasteiger partial charge in [-0.1, -0.05) is 6.58 Å². The smallest absolute Gasteiger partial charge is 0.319 e. The van der Waals surface area contributed by atoms with Crippen LogP contribution in [-0.2, 0) is 7.05 Å². The number of nitrogens with two attached hydrogens (primary N) is 1. The average molecular weight is 205 g/mol. The molecule has 78 valence electrons. The second kappa shape index (κ2) is 3.45. The fraction of sp³-hybridized carbons (Fsp3) is 0.375. The number of aromatic nitrogens is 2. The maximum atomic E-state index is 12.2.